The highest BCUT2D eigenvalue weighted by Crippen LogP contribution is 2.25. The lowest BCUT2D eigenvalue weighted by Crippen LogP contribution is -2.20. The molecule has 25 heavy (non-hydrogen) atoms. The predicted octanol–water partition coefficient (Wildman–Crippen LogP) is 6.73. The second-order valence-electron chi connectivity index (χ2n) is 5.00. The van der Waals surface area contributed by atoms with Crippen LogP contribution in [0.1, 0.15) is 64.7 Å². The van der Waals surface area contributed by atoms with E-state index in [1.54, 1.807) is 0 Å². The van der Waals surface area contributed by atoms with E-state index in [9.17, 15) is 0 Å². The van der Waals surface area contributed by atoms with Crippen LogP contribution in [0.25, 0.3) is 5.57 Å². The zero-order valence-corrected chi connectivity index (χ0v) is 17.1. The van der Waals surface area contributed by atoms with Crippen LogP contribution < -0.4 is 5.32 Å². The van der Waals surface area contributed by atoms with E-state index in [2.05, 4.69) is 66.0 Å². The second-order valence-corrected chi connectivity index (χ2v) is 5.00. The Kier molecular flexibility index (Phi) is 14.5. The van der Waals surface area contributed by atoms with Gasteiger partial charge in [-0.1, -0.05) is 102 Å². The van der Waals surface area contributed by atoms with Gasteiger partial charge in [-0.15, -0.1) is 0 Å². The Bertz CT molecular complexity index is 570. The third-order valence-corrected chi connectivity index (χ3v) is 3.66. The van der Waals surface area contributed by atoms with Gasteiger partial charge in [0.2, 0.25) is 0 Å². The summed E-state index contributed by atoms with van der Waals surface area (Å²) in [5, 5.41) is 3.38. The molecule has 0 fully saturated rings. The number of hydrogen-bond acceptors (Lipinski definition) is 1. The van der Waals surface area contributed by atoms with Crippen molar-refractivity contribution in [3.63, 3.8) is 0 Å². The minimum absolute atomic E-state index is 0.995. The molecule has 0 bridgehead atoms. The Balaban J connectivity index is 0.000000871. The quantitative estimate of drug-likeness (QED) is 0.653. The third-order valence-electron chi connectivity index (χ3n) is 3.66. The molecule has 1 aliphatic heterocycles. The standard InChI is InChI=1S/C18H19N.3C2H6/c1-2-6-15(7-3-1)14-17-8-4-5-9-18(17)16-10-12-19-13-11-16;3*1-2/h1-10,19H,11-14H2;3*1-2H3. The van der Waals surface area contributed by atoms with Crippen LogP contribution in [0.2, 0.25) is 0 Å². The van der Waals surface area contributed by atoms with Gasteiger partial charge in [-0.2, -0.15) is 0 Å². The largest absolute Gasteiger partial charge is 0.313 e. The third kappa shape index (κ3) is 8.18. The Labute approximate surface area is 156 Å². The van der Waals surface area contributed by atoms with E-state index in [-0.39, 0.29) is 0 Å². The highest BCUT2D eigenvalue weighted by Gasteiger charge is 2.10. The van der Waals surface area contributed by atoms with Crippen molar-refractivity contribution in [1.82, 2.24) is 5.32 Å². The normalized spacial score (nSPS) is 12.2. The van der Waals surface area contributed by atoms with Crippen LogP contribution in [0, 0.1) is 0 Å². The van der Waals surface area contributed by atoms with E-state index in [0.29, 0.717) is 0 Å². The molecule has 0 saturated carbocycles. The molecule has 0 spiro atoms. The molecular weight excluding hydrogens is 302 g/mol. The van der Waals surface area contributed by atoms with Gasteiger partial charge in [0.05, 0.1) is 0 Å². The van der Waals surface area contributed by atoms with E-state index >= 15 is 0 Å². The van der Waals surface area contributed by atoms with E-state index in [1.807, 2.05) is 41.5 Å². The molecule has 2 aromatic carbocycles. The van der Waals surface area contributed by atoms with Crippen molar-refractivity contribution < 1.29 is 0 Å². The molecule has 1 nitrogen and oxygen atoms in total. The first-order chi connectivity index (χ1) is 12.4. The van der Waals surface area contributed by atoms with Crippen LogP contribution >= 0.6 is 0 Å². The fourth-order valence-corrected chi connectivity index (χ4v) is 2.67. The molecule has 0 amide bonds. The summed E-state index contributed by atoms with van der Waals surface area (Å²) in [4.78, 5) is 0. The van der Waals surface area contributed by atoms with E-state index in [0.717, 1.165) is 25.9 Å². The van der Waals surface area contributed by atoms with Crippen LogP contribution in [0.4, 0.5) is 0 Å². The van der Waals surface area contributed by atoms with E-state index in [4.69, 9.17) is 0 Å². The van der Waals surface area contributed by atoms with Crippen molar-refractivity contribution in [3.8, 4) is 0 Å². The monoisotopic (exact) mass is 339 g/mol. The Morgan fingerprint density at radius 1 is 0.760 bits per heavy atom. The zero-order chi connectivity index (χ0) is 18.9. The van der Waals surface area contributed by atoms with Crippen molar-refractivity contribution in [2.45, 2.75) is 54.4 Å². The molecule has 0 atom stereocenters. The van der Waals surface area contributed by atoms with E-state index < -0.39 is 0 Å². The second kappa shape index (κ2) is 15.7. The number of rotatable bonds is 3. The number of benzene rings is 2. The first kappa shape index (κ1) is 23.1. The van der Waals surface area contributed by atoms with Gasteiger partial charge in [0.1, 0.15) is 0 Å². The number of nitrogens with one attached hydrogen (secondary N) is 1. The van der Waals surface area contributed by atoms with Gasteiger partial charge in [0.15, 0.2) is 0 Å². The zero-order valence-electron chi connectivity index (χ0n) is 17.1. The Morgan fingerprint density at radius 3 is 1.96 bits per heavy atom. The summed E-state index contributed by atoms with van der Waals surface area (Å²) in [5.41, 5.74) is 5.73. The average Bonchev–Trinajstić information content (AvgIpc) is 2.74. The summed E-state index contributed by atoms with van der Waals surface area (Å²) in [5.74, 6) is 0. The van der Waals surface area contributed by atoms with Crippen molar-refractivity contribution in [2.75, 3.05) is 13.1 Å². The van der Waals surface area contributed by atoms with Crippen LogP contribution in [0.5, 0.6) is 0 Å². The highest BCUT2D eigenvalue weighted by molar-refractivity contribution is 5.69. The number of hydrogen-bond donors (Lipinski definition) is 1. The minimum atomic E-state index is 0.995. The molecule has 1 heteroatoms. The van der Waals surface area contributed by atoms with Gasteiger partial charge in [0.25, 0.3) is 0 Å². The predicted molar refractivity (Wildman–Crippen MR) is 115 cm³/mol. The summed E-state index contributed by atoms with van der Waals surface area (Å²) >= 11 is 0. The first-order valence-corrected chi connectivity index (χ1v) is 9.95. The van der Waals surface area contributed by atoms with Gasteiger partial charge in [-0.25, -0.2) is 0 Å². The van der Waals surface area contributed by atoms with Gasteiger partial charge in [0, 0.05) is 6.54 Å². The topological polar surface area (TPSA) is 12.0 Å². The maximum atomic E-state index is 3.38. The van der Waals surface area contributed by atoms with Crippen molar-refractivity contribution in [3.05, 3.63) is 77.4 Å². The molecule has 2 aromatic rings. The fraction of sp³-hybridized carbons (Fsp3) is 0.417. The SMILES string of the molecule is C1=C(c2ccccc2Cc2ccccc2)CCNC1.CC.CC.CC. The first-order valence-electron chi connectivity index (χ1n) is 9.95. The molecular formula is C24H37N. The lowest BCUT2D eigenvalue weighted by atomic mass is 9.92. The molecule has 0 aliphatic carbocycles. The fourth-order valence-electron chi connectivity index (χ4n) is 2.67. The van der Waals surface area contributed by atoms with Crippen LogP contribution in [0.3, 0.4) is 0 Å². The summed E-state index contributed by atoms with van der Waals surface area (Å²) in [7, 11) is 0. The molecule has 1 aliphatic rings. The molecule has 0 aromatic heterocycles. The maximum absolute atomic E-state index is 3.38. The van der Waals surface area contributed by atoms with Crippen LogP contribution in [0.15, 0.2) is 60.7 Å². The molecule has 0 saturated heterocycles. The van der Waals surface area contributed by atoms with Crippen LogP contribution in [-0.4, -0.2) is 13.1 Å². The van der Waals surface area contributed by atoms with Crippen molar-refractivity contribution in [2.24, 2.45) is 0 Å². The molecule has 138 valence electrons. The molecule has 1 heterocycles. The summed E-state index contributed by atoms with van der Waals surface area (Å²) in [6.45, 7) is 14.1. The Hall–Kier alpha value is -1.86. The summed E-state index contributed by atoms with van der Waals surface area (Å²) in [6.07, 6.45) is 4.47. The minimum Gasteiger partial charge on any atom is -0.313 e. The molecule has 0 unspecified atom stereocenters. The molecule has 3 rings (SSSR count). The van der Waals surface area contributed by atoms with Crippen molar-refractivity contribution >= 4 is 5.57 Å². The van der Waals surface area contributed by atoms with Gasteiger partial charge in [-0.3, -0.25) is 0 Å². The maximum Gasteiger partial charge on any atom is 0.0140 e. The summed E-state index contributed by atoms with van der Waals surface area (Å²) in [6, 6.07) is 19.5. The lowest BCUT2D eigenvalue weighted by Gasteiger charge is -2.17. The van der Waals surface area contributed by atoms with Crippen LogP contribution in [-0.2, 0) is 6.42 Å². The van der Waals surface area contributed by atoms with E-state index in [1.165, 1.54) is 22.3 Å². The molecule has 0 radical (unpaired) electrons. The van der Waals surface area contributed by atoms with Gasteiger partial charge in [-0.05, 0) is 41.6 Å². The van der Waals surface area contributed by atoms with Gasteiger partial charge < -0.3 is 5.32 Å². The molecule has 1 N–H and O–H groups in total. The summed E-state index contributed by atoms with van der Waals surface area (Å²) < 4.78 is 0. The lowest BCUT2D eigenvalue weighted by molar-refractivity contribution is 0.738. The average molecular weight is 340 g/mol. The Morgan fingerprint density at radius 2 is 1.36 bits per heavy atom. The van der Waals surface area contributed by atoms with Gasteiger partial charge >= 0.3 is 0 Å². The van der Waals surface area contributed by atoms with Crippen molar-refractivity contribution in [1.29, 1.82) is 0 Å². The highest BCUT2D eigenvalue weighted by atomic mass is 14.8. The smallest absolute Gasteiger partial charge is 0.0140 e.